The van der Waals surface area contributed by atoms with E-state index in [1.807, 2.05) is 0 Å². The fourth-order valence-corrected chi connectivity index (χ4v) is 3.65. The first kappa shape index (κ1) is 26.3. The van der Waals surface area contributed by atoms with E-state index in [1.54, 1.807) is 0 Å². The van der Waals surface area contributed by atoms with E-state index in [-0.39, 0.29) is 0 Å². The third-order valence-electron chi connectivity index (χ3n) is 5.69. The van der Waals surface area contributed by atoms with Crippen molar-refractivity contribution in [1.82, 2.24) is 0 Å². The van der Waals surface area contributed by atoms with Crippen molar-refractivity contribution in [3.63, 3.8) is 0 Å². The van der Waals surface area contributed by atoms with Crippen LogP contribution in [-0.2, 0) is 9.59 Å². The van der Waals surface area contributed by atoms with Gasteiger partial charge in [0.15, 0.2) is 0 Å². The van der Waals surface area contributed by atoms with Crippen LogP contribution >= 0.6 is 0 Å². The molecule has 160 valence electrons. The van der Waals surface area contributed by atoms with Crippen molar-refractivity contribution >= 4 is 11.6 Å². The Kier molecular flexibility index (Phi) is 19.6. The summed E-state index contributed by atoms with van der Waals surface area (Å²) in [6.07, 6.45) is 21.1. The second-order valence-electron chi connectivity index (χ2n) is 8.65. The monoisotopic (exact) mass is 380 g/mol. The molecule has 0 radical (unpaired) electrons. The van der Waals surface area contributed by atoms with Crippen LogP contribution < -0.4 is 0 Å². The molecule has 0 aliphatic rings. The van der Waals surface area contributed by atoms with Crippen LogP contribution in [0, 0.1) is 5.92 Å². The summed E-state index contributed by atoms with van der Waals surface area (Å²) in [5.41, 5.74) is 0. The molecule has 0 aliphatic carbocycles. The molecule has 0 heterocycles. The van der Waals surface area contributed by atoms with Gasteiger partial charge in [-0.05, 0) is 31.6 Å². The molecule has 0 aliphatic heterocycles. The second-order valence-corrected chi connectivity index (χ2v) is 8.65. The summed E-state index contributed by atoms with van der Waals surface area (Å²) >= 11 is 0. The maximum Gasteiger partial charge on any atom is 0.132 e. The summed E-state index contributed by atoms with van der Waals surface area (Å²) in [6, 6.07) is 0. The molecule has 0 spiro atoms. The minimum atomic E-state index is 0.441. The lowest BCUT2D eigenvalue weighted by Crippen LogP contribution is -2.04. The standard InChI is InChI=1S/C25H48O2/c1-4-6-8-10-12-14-18-24(26)20-16-17-23(3)21-22-25(27)19-15-13-11-9-7-5-2/h23H,4-22H2,1-3H3. The van der Waals surface area contributed by atoms with Crippen LogP contribution in [0.25, 0.3) is 0 Å². The largest absolute Gasteiger partial charge is 0.300 e. The molecule has 0 fully saturated rings. The average molecular weight is 381 g/mol. The van der Waals surface area contributed by atoms with Gasteiger partial charge >= 0.3 is 0 Å². The van der Waals surface area contributed by atoms with Crippen LogP contribution in [0.5, 0.6) is 0 Å². The highest BCUT2D eigenvalue weighted by Crippen LogP contribution is 2.17. The third-order valence-corrected chi connectivity index (χ3v) is 5.69. The molecule has 0 aromatic rings. The molecule has 27 heavy (non-hydrogen) atoms. The Hall–Kier alpha value is -0.660. The normalized spacial score (nSPS) is 12.3. The van der Waals surface area contributed by atoms with E-state index in [1.165, 1.54) is 64.2 Å². The maximum absolute atomic E-state index is 12.0. The zero-order valence-corrected chi connectivity index (χ0v) is 18.8. The zero-order chi connectivity index (χ0) is 20.2. The fourth-order valence-electron chi connectivity index (χ4n) is 3.65. The van der Waals surface area contributed by atoms with Crippen LogP contribution in [-0.4, -0.2) is 11.6 Å². The van der Waals surface area contributed by atoms with Gasteiger partial charge < -0.3 is 0 Å². The number of unbranched alkanes of at least 4 members (excludes halogenated alkanes) is 10. The summed E-state index contributed by atoms with van der Waals surface area (Å²) in [5.74, 6) is 1.45. The first-order valence-electron chi connectivity index (χ1n) is 12.1. The zero-order valence-electron chi connectivity index (χ0n) is 18.8. The summed E-state index contributed by atoms with van der Waals surface area (Å²) in [7, 11) is 0. The van der Waals surface area contributed by atoms with Crippen LogP contribution in [0.2, 0.25) is 0 Å². The molecule has 0 amide bonds. The number of hydrogen-bond donors (Lipinski definition) is 0. The van der Waals surface area contributed by atoms with E-state index < -0.39 is 0 Å². The van der Waals surface area contributed by atoms with Crippen molar-refractivity contribution in [2.45, 2.75) is 143 Å². The maximum atomic E-state index is 12.0. The van der Waals surface area contributed by atoms with E-state index in [4.69, 9.17) is 0 Å². The Balaban J connectivity index is 3.47. The van der Waals surface area contributed by atoms with E-state index in [2.05, 4.69) is 20.8 Å². The number of carbonyl (C=O) groups is 2. The molecule has 0 aromatic carbocycles. The SMILES string of the molecule is CCCCCCCCC(=O)CCCC(C)CCC(=O)CCCCCCCC. The lowest BCUT2D eigenvalue weighted by Gasteiger charge is -2.10. The molecule has 0 rings (SSSR count). The van der Waals surface area contributed by atoms with Gasteiger partial charge in [-0.3, -0.25) is 9.59 Å². The highest BCUT2D eigenvalue weighted by atomic mass is 16.1. The van der Waals surface area contributed by atoms with Crippen molar-refractivity contribution in [1.29, 1.82) is 0 Å². The van der Waals surface area contributed by atoms with Gasteiger partial charge in [0.05, 0.1) is 0 Å². The van der Waals surface area contributed by atoms with Crippen LogP contribution in [0.4, 0.5) is 0 Å². The predicted octanol–water partition coefficient (Wildman–Crippen LogP) is 8.21. The number of hydrogen-bond acceptors (Lipinski definition) is 2. The lowest BCUT2D eigenvalue weighted by molar-refractivity contribution is -0.120. The van der Waals surface area contributed by atoms with Crippen LogP contribution in [0.1, 0.15) is 143 Å². The smallest absolute Gasteiger partial charge is 0.132 e. The minimum Gasteiger partial charge on any atom is -0.300 e. The van der Waals surface area contributed by atoms with E-state index >= 15 is 0 Å². The molecular formula is C25H48O2. The van der Waals surface area contributed by atoms with Crippen LogP contribution in [0.3, 0.4) is 0 Å². The van der Waals surface area contributed by atoms with Crippen molar-refractivity contribution in [2.24, 2.45) is 5.92 Å². The summed E-state index contributed by atoms with van der Waals surface area (Å²) in [6.45, 7) is 6.70. The summed E-state index contributed by atoms with van der Waals surface area (Å²) in [5, 5.41) is 0. The predicted molar refractivity (Wildman–Crippen MR) is 118 cm³/mol. The van der Waals surface area contributed by atoms with E-state index in [9.17, 15) is 9.59 Å². The highest BCUT2D eigenvalue weighted by Gasteiger charge is 2.09. The lowest BCUT2D eigenvalue weighted by atomic mass is 9.95. The molecule has 1 atom stereocenters. The van der Waals surface area contributed by atoms with Gasteiger partial charge in [-0.15, -0.1) is 0 Å². The van der Waals surface area contributed by atoms with Crippen LogP contribution in [0.15, 0.2) is 0 Å². The molecule has 0 saturated carbocycles. The Morgan fingerprint density at radius 3 is 1.44 bits per heavy atom. The first-order chi connectivity index (χ1) is 13.1. The van der Waals surface area contributed by atoms with Gasteiger partial charge in [0.25, 0.3) is 0 Å². The van der Waals surface area contributed by atoms with E-state index in [0.717, 1.165) is 57.8 Å². The fraction of sp³-hybridized carbons (Fsp3) is 0.920. The molecule has 1 unspecified atom stereocenters. The van der Waals surface area contributed by atoms with Gasteiger partial charge in [-0.2, -0.15) is 0 Å². The molecule has 0 aromatic heterocycles. The highest BCUT2D eigenvalue weighted by molar-refractivity contribution is 5.78. The first-order valence-corrected chi connectivity index (χ1v) is 12.1. The quantitative estimate of drug-likeness (QED) is 0.188. The number of Topliss-reactive ketones (excluding diaryl/α,β-unsaturated/α-hetero) is 2. The number of rotatable bonds is 21. The second kappa shape index (κ2) is 20.1. The summed E-state index contributed by atoms with van der Waals surface area (Å²) in [4.78, 5) is 23.9. The van der Waals surface area contributed by atoms with Gasteiger partial charge in [0.1, 0.15) is 11.6 Å². The van der Waals surface area contributed by atoms with Gasteiger partial charge in [0.2, 0.25) is 0 Å². The number of carbonyl (C=O) groups excluding carboxylic acids is 2. The molecule has 0 bridgehead atoms. The Bertz CT molecular complexity index is 348. The average Bonchev–Trinajstić information content (AvgIpc) is 2.65. The van der Waals surface area contributed by atoms with Crippen molar-refractivity contribution < 1.29 is 9.59 Å². The molecular weight excluding hydrogens is 332 g/mol. The van der Waals surface area contributed by atoms with Crippen molar-refractivity contribution in [3.05, 3.63) is 0 Å². The molecule has 2 nitrogen and oxygen atoms in total. The summed E-state index contributed by atoms with van der Waals surface area (Å²) < 4.78 is 0. The Labute approximate surface area is 170 Å². The third kappa shape index (κ3) is 19.9. The van der Waals surface area contributed by atoms with E-state index in [0.29, 0.717) is 17.5 Å². The van der Waals surface area contributed by atoms with Crippen molar-refractivity contribution in [2.75, 3.05) is 0 Å². The van der Waals surface area contributed by atoms with Gasteiger partial charge in [0, 0.05) is 25.7 Å². The molecule has 2 heteroatoms. The Morgan fingerprint density at radius 2 is 0.926 bits per heavy atom. The van der Waals surface area contributed by atoms with Crippen molar-refractivity contribution in [3.8, 4) is 0 Å². The molecule has 0 N–H and O–H groups in total. The topological polar surface area (TPSA) is 34.1 Å². The van der Waals surface area contributed by atoms with Gasteiger partial charge in [-0.1, -0.05) is 91.4 Å². The molecule has 0 saturated heterocycles. The minimum absolute atomic E-state index is 0.441. The van der Waals surface area contributed by atoms with Gasteiger partial charge in [-0.25, -0.2) is 0 Å². The Morgan fingerprint density at radius 1 is 0.519 bits per heavy atom. The number of ketones is 2.